The van der Waals surface area contributed by atoms with Crippen LogP contribution in [0.15, 0.2) is 49.8 Å². The summed E-state index contributed by atoms with van der Waals surface area (Å²) in [7, 11) is 0. The highest BCUT2D eigenvalue weighted by atomic mass is 79.9. The summed E-state index contributed by atoms with van der Waals surface area (Å²) in [4.78, 5) is 0. The highest BCUT2D eigenvalue weighted by Gasteiger charge is 2.07. The van der Waals surface area contributed by atoms with Gasteiger partial charge in [-0.1, -0.05) is 18.2 Å². The van der Waals surface area contributed by atoms with E-state index >= 15 is 0 Å². The van der Waals surface area contributed by atoms with Gasteiger partial charge in [-0.15, -0.1) is 0 Å². The quantitative estimate of drug-likeness (QED) is 0.686. The molecule has 0 amide bonds. The van der Waals surface area contributed by atoms with Gasteiger partial charge in [-0.05, 0) is 66.0 Å². The van der Waals surface area contributed by atoms with Crippen LogP contribution >= 0.6 is 47.8 Å². The van der Waals surface area contributed by atoms with Crippen molar-refractivity contribution in [2.75, 3.05) is 5.32 Å². The largest absolute Gasteiger partial charge is 0.506 e. The third-order valence-corrected chi connectivity index (χ3v) is 4.45. The fourth-order valence-corrected chi connectivity index (χ4v) is 3.24. The minimum Gasteiger partial charge on any atom is -0.506 e. The molecule has 0 atom stereocenters. The summed E-state index contributed by atoms with van der Waals surface area (Å²) in [5.74, 6) is 0.271. The molecule has 0 spiro atoms. The van der Waals surface area contributed by atoms with E-state index in [9.17, 15) is 5.11 Å². The van der Waals surface area contributed by atoms with Gasteiger partial charge in [0.1, 0.15) is 5.75 Å². The van der Waals surface area contributed by atoms with Crippen LogP contribution in [-0.2, 0) is 6.54 Å². The van der Waals surface area contributed by atoms with E-state index in [1.165, 1.54) is 0 Å². The fraction of sp³-hybridized carbons (Fsp3) is 0.0769. The van der Waals surface area contributed by atoms with Crippen molar-refractivity contribution in [2.24, 2.45) is 0 Å². The van der Waals surface area contributed by atoms with Crippen molar-refractivity contribution in [3.63, 3.8) is 0 Å². The molecule has 2 aromatic rings. The van der Waals surface area contributed by atoms with Crippen LogP contribution < -0.4 is 5.32 Å². The molecule has 18 heavy (non-hydrogen) atoms. The number of halogens is 3. The molecule has 0 aliphatic rings. The van der Waals surface area contributed by atoms with E-state index in [-0.39, 0.29) is 5.75 Å². The third-order valence-electron chi connectivity index (χ3n) is 2.49. The molecule has 2 nitrogen and oxygen atoms in total. The molecule has 0 aliphatic carbocycles. The van der Waals surface area contributed by atoms with Crippen molar-refractivity contribution in [1.82, 2.24) is 0 Å². The predicted octanol–water partition coefficient (Wildman–Crippen LogP) is 5.29. The molecule has 0 radical (unpaired) electrons. The molecule has 0 bridgehead atoms. The Labute approximate surface area is 131 Å². The minimum absolute atomic E-state index is 0.271. The Bertz CT molecular complexity index is 552. The maximum Gasteiger partial charge on any atom is 0.134 e. The summed E-state index contributed by atoms with van der Waals surface area (Å²) >= 11 is 10.3. The van der Waals surface area contributed by atoms with E-state index in [1.54, 1.807) is 0 Å². The van der Waals surface area contributed by atoms with E-state index in [2.05, 4.69) is 53.1 Å². The first-order valence-electron chi connectivity index (χ1n) is 5.24. The molecule has 0 fully saturated rings. The Morgan fingerprint density at radius 3 is 2.11 bits per heavy atom. The lowest BCUT2D eigenvalue weighted by molar-refractivity contribution is 0.465. The Morgan fingerprint density at radius 2 is 1.44 bits per heavy atom. The lowest BCUT2D eigenvalue weighted by atomic mass is 10.2. The van der Waals surface area contributed by atoms with Crippen LogP contribution in [-0.4, -0.2) is 5.11 Å². The zero-order chi connectivity index (χ0) is 13.1. The van der Waals surface area contributed by atoms with E-state index in [1.807, 2.05) is 36.4 Å². The van der Waals surface area contributed by atoms with Gasteiger partial charge in [0.05, 0.1) is 10.2 Å². The maximum atomic E-state index is 9.90. The van der Waals surface area contributed by atoms with Gasteiger partial charge in [0.15, 0.2) is 0 Å². The predicted molar refractivity (Wildman–Crippen MR) is 85.0 cm³/mol. The molecule has 0 heterocycles. The number of nitrogens with one attached hydrogen (secondary N) is 1. The second kappa shape index (κ2) is 6.08. The first-order chi connectivity index (χ1) is 8.59. The van der Waals surface area contributed by atoms with Crippen LogP contribution in [0.3, 0.4) is 0 Å². The lowest BCUT2D eigenvalue weighted by Crippen LogP contribution is -2.01. The highest BCUT2D eigenvalue weighted by molar-refractivity contribution is 9.11. The van der Waals surface area contributed by atoms with Gasteiger partial charge < -0.3 is 10.4 Å². The molecule has 2 aromatic carbocycles. The molecule has 2 rings (SSSR count). The van der Waals surface area contributed by atoms with Gasteiger partial charge in [-0.25, -0.2) is 0 Å². The molecule has 94 valence electrons. The van der Waals surface area contributed by atoms with Crippen LogP contribution in [0.1, 0.15) is 5.56 Å². The zero-order valence-corrected chi connectivity index (χ0v) is 14.0. The van der Waals surface area contributed by atoms with Crippen molar-refractivity contribution < 1.29 is 5.11 Å². The number of phenolic OH excluding ortho intramolecular Hbond substituents is 1. The summed E-state index contributed by atoms with van der Waals surface area (Å²) in [6.45, 7) is 0.548. The maximum absolute atomic E-state index is 9.90. The Balaban J connectivity index is 2.19. The molecule has 0 aliphatic heterocycles. The van der Waals surface area contributed by atoms with Crippen LogP contribution in [0, 0.1) is 0 Å². The van der Waals surface area contributed by atoms with Crippen molar-refractivity contribution >= 4 is 53.5 Å². The average molecular weight is 436 g/mol. The first-order valence-corrected chi connectivity index (χ1v) is 7.61. The van der Waals surface area contributed by atoms with Crippen LogP contribution in [0.2, 0.25) is 0 Å². The molecule has 2 N–H and O–H groups in total. The number of hydrogen-bond donors (Lipinski definition) is 2. The molecule has 5 heteroatoms. The molecule has 0 unspecified atom stereocenters. The number of rotatable bonds is 3. The summed E-state index contributed by atoms with van der Waals surface area (Å²) in [5, 5.41) is 13.2. The summed E-state index contributed by atoms with van der Waals surface area (Å²) in [6.07, 6.45) is 0. The molecule has 0 aromatic heterocycles. The first kappa shape index (κ1) is 13.9. The fourth-order valence-electron chi connectivity index (χ4n) is 1.55. The van der Waals surface area contributed by atoms with Gasteiger partial charge in [0.2, 0.25) is 0 Å². The van der Waals surface area contributed by atoms with Crippen molar-refractivity contribution in [3.8, 4) is 5.75 Å². The topological polar surface area (TPSA) is 32.3 Å². The second-order valence-electron chi connectivity index (χ2n) is 3.70. The smallest absolute Gasteiger partial charge is 0.134 e. The van der Waals surface area contributed by atoms with Crippen molar-refractivity contribution in [1.29, 1.82) is 0 Å². The lowest BCUT2D eigenvalue weighted by Gasteiger charge is -2.12. The summed E-state index contributed by atoms with van der Waals surface area (Å²) in [5.41, 5.74) is 1.81. The Kier molecular flexibility index (Phi) is 4.70. The Hall–Kier alpha value is -0.520. The number of phenols is 1. The summed E-state index contributed by atoms with van der Waals surface area (Å²) in [6, 6.07) is 11.5. The summed E-state index contributed by atoms with van der Waals surface area (Å²) < 4.78 is 2.66. The van der Waals surface area contributed by atoms with Gasteiger partial charge in [0, 0.05) is 21.1 Å². The number of hydrogen-bond acceptors (Lipinski definition) is 2. The third kappa shape index (κ3) is 3.08. The van der Waals surface area contributed by atoms with Gasteiger partial charge in [0.25, 0.3) is 0 Å². The van der Waals surface area contributed by atoms with Crippen LogP contribution in [0.25, 0.3) is 0 Å². The molecular formula is C13H10Br3NO. The standard InChI is InChI=1S/C13H10Br3NO/c14-9-4-2-5-10(15)12(9)17-7-8-3-1-6-11(16)13(8)18/h1-6,17-18H,7H2. The van der Waals surface area contributed by atoms with E-state index in [4.69, 9.17) is 0 Å². The van der Waals surface area contributed by atoms with Gasteiger partial charge in [-0.3, -0.25) is 0 Å². The SMILES string of the molecule is Oc1c(Br)cccc1CNc1c(Br)cccc1Br. The minimum atomic E-state index is 0.271. The van der Waals surface area contributed by atoms with Gasteiger partial charge >= 0.3 is 0 Å². The van der Waals surface area contributed by atoms with Crippen LogP contribution in [0.5, 0.6) is 5.75 Å². The van der Waals surface area contributed by atoms with E-state index in [0.717, 1.165) is 20.2 Å². The normalized spacial score (nSPS) is 10.4. The number of benzene rings is 2. The monoisotopic (exact) mass is 433 g/mol. The number of anilines is 1. The molecular weight excluding hydrogens is 426 g/mol. The number of aromatic hydroxyl groups is 1. The average Bonchev–Trinajstić information content (AvgIpc) is 2.33. The second-order valence-corrected chi connectivity index (χ2v) is 6.26. The van der Waals surface area contributed by atoms with Gasteiger partial charge in [-0.2, -0.15) is 0 Å². The molecule has 0 saturated carbocycles. The highest BCUT2D eigenvalue weighted by Crippen LogP contribution is 2.32. The van der Waals surface area contributed by atoms with Crippen LogP contribution in [0.4, 0.5) is 5.69 Å². The zero-order valence-electron chi connectivity index (χ0n) is 9.25. The Morgan fingerprint density at radius 1 is 0.889 bits per heavy atom. The molecule has 0 saturated heterocycles. The van der Waals surface area contributed by atoms with E-state index in [0.29, 0.717) is 11.0 Å². The van der Waals surface area contributed by atoms with E-state index < -0.39 is 0 Å². The van der Waals surface area contributed by atoms with Crippen molar-refractivity contribution in [3.05, 3.63) is 55.4 Å². The number of para-hydroxylation sites is 2. The van der Waals surface area contributed by atoms with Crippen molar-refractivity contribution in [2.45, 2.75) is 6.54 Å².